The number of aryl methyl sites for hydroxylation is 2. The number of carbonyl (C=O) groups excluding carboxylic acids is 2. The summed E-state index contributed by atoms with van der Waals surface area (Å²) in [6.45, 7) is 3.83. The number of hydrogen-bond donors (Lipinski definition) is 2. The zero-order valence-electron chi connectivity index (χ0n) is 18.3. The largest absolute Gasteiger partial charge is 0.483 e. The highest BCUT2D eigenvalue weighted by atomic mass is 32.2. The molecule has 2 amide bonds. The number of para-hydroxylation sites is 1. The van der Waals surface area contributed by atoms with E-state index in [9.17, 15) is 9.59 Å². The molecule has 0 atom stereocenters. The second-order valence-electron chi connectivity index (χ2n) is 7.56. The Kier molecular flexibility index (Phi) is 6.90. The predicted molar refractivity (Wildman–Crippen MR) is 134 cm³/mol. The summed E-state index contributed by atoms with van der Waals surface area (Å²) < 4.78 is 5.75. The molecule has 0 saturated carbocycles. The van der Waals surface area contributed by atoms with E-state index < -0.39 is 0 Å². The maximum Gasteiger partial charge on any atom is 0.264 e. The van der Waals surface area contributed by atoms with Crippen molar-refractivity contribution in [2.75, 3.05) is 11.9 Å². The van der Waals surface area contributed by atoms with Gasteiger partial charge in [-0.15, -0.1) is 0 Å². The molecule has 1 aliphatic rings. The third-order valence-electron chi connectivity index (χ3n) is 4.78. The van der Waals surface area contributed by atoms with Gasteiger partial charge in [0.1, 0.15) is 5.75 Å². The molecule has 0 aromatic heterocycles. The van der Waals surface area contributed by atoms with Crippen molar-refractivity contribution in [1.29, 1.82) is 0 Å². The Balaban J connectivity index is 1.44. The van der Waals surface area contributed by atoms with Gasteiger partial charge in [0.2, 0.25) is 0 Å². The molecule has 6 nitrogen and oxygen atoms in total. The van der Waals surface area contributed by atoms with Crippen LogP contribution in [0.1, 0.15) is 16.7 Å². The quantitative estimate of drug-likeness (QED) is 0.498. The lowest BCUT2D eigenvalue weighted by Crippen LogP contribution is -2.20. The fourth-order valence-electron chi connectivity index (χ4n) is 3.15. The van der Waals surface area contributed by atoms with Gasteiger partial charge in [-0.3, -0.25) is 9.59 Å². The smallest absolute Gasteiger partial charge is 0.264 e. The SMILES string of the molecule is Cc1ccc(N=C2NC(=O)/C(=C/c3ccccc3OCC(=O)Nc3cccc(C)c3)S2)cc1. The van der Waals surface area contributed by atoms with Crippen molar-refractivity contribution >= 4 is 46.2 Å². The summed E-state index contributed by atoms with van der Waals surface area (Å²) in [5.41, 5.74) is 4.40. The van der Waals surface area contributed by atoms with Crippen LogP contribution < -0.4 is 15.4 Å². The molecule has 1 saturated heterocycles. The predicted octanol–water partition coefficient (Wildman–Crippen LogP) is 5.21. The zero-order valence-corrected chi connectivity index (χ0v) is 19.1. The third kappa shape index (κ3) is 6.11. The van der Waals surface area contributed by atoms with Crippen molar-refractivity contribution < 1.29 is 14.3 Å². The van der Waals surface area contributed by atoms with Crippen LogP contribution in [0.3, 0.4) is 0 Å². The number of anilines is 1. The van der Waals surface area contributed by atoms with Crippen molar-refractivity contribution in [3.8, 4) is 5.75 Å². The lowest BCUT2D eigenvalue weighted by molar-refractivity contribution is -0.118. The minimum atomic E-state index is -0.261. The summed E-state index contributed by atoms with van der Waals surface area (Å²) in [5.74, 6) is 0.0307. The first-order chi connectivity index (χ1) is 16.0. The first-order valence-corrected chi connectivity index (χ1v) is 11.2. The molecule has 3 aromatic rings. The standard InChI is InChI=1S/C26H23N3O3S/c1-17-10-12-20(13-11-17)28-26-29-25(31)23(33-26)15-19-7-3-4-9-22(19)32-16-24(30)27-21-8-5-6-18(2)14-21/h3-15H,16H2,1-2H3,(H,27,30)(H,28,29,31)/b23-15-. The number of amides is 2. The van der Waals surface area contributed by atoms with Crippen molar-refractivity contribution in [1.82, 2.24) is 5.32 Å². The number of benzene rings is 3. The van der Waals surface area contributed by atoms with Crippen LogP contribution in [0.25, 0.3) is 6.08 Å². The van der Waals surface area contributed by atoms with Crippen LogP contribution in [-0.2, 0) is 9.59 Å². The monoisotopic (exact) mass is 457 g/mol. The van der Waals surface area contributed by atoms with Crippen LogP contribution in [0, 0.1) is 13.8 Å². The van der Waals surface area contributed by atoms with Crippen LogP contribution in [0.2, 0.25) is 0 Å². The molecular formula is C26H23N3O3S. The van der Waals surface area contributed by atoms with E-state index >= 15 is 0 Å². The lowest BCUT2D eigenvalue weighted by Gasteiger charge is -2.10. The molecule has 0 spiro atoms. The number of carbonyl (C=O) groups is 2. The van der Waals surface area contributed by atoms with Gasteiger partial charge in [-0.25, -0.2) is 4.99 Å². The molecule has 0 radical (unpaired) electrons. The fraction of sp³-hybridized carbons (Fsp3) is 0.115. The Morgan fingerprint density at radius 3 is 2.61 bits per heavy atom. The second-order valence-corrected chi connectivity index (χ2v) is 8.59. The van der Waals surface area contributed by atoms with E-state index in [4.69, 9.17) is 4.74 Å². The summed E-state index contributed by atoms with van der Waals surface area (Å²) in [6.07, 6.45) is 1.74. The zero-order chi connectivity index (χ0) is 23.2. The van der Waals surface area contributed by atoms with E-state index in [1.165, 1.54) is 11.8 Å². The molecule has 2 N–H and O–H groups in total. The Hall–Kier alpha value is -3.84. The summed E-state index contributed by atoms with van der Waals surface area (Å²) >= 11 is 1.26. The van der Waals surface area contributed by atoms with E-state index in [1.54, 1.807) is 12.1 Å². The second kappa shape index (κ2) is 10.2. The molecule has 4 rings (SSSR count). The van der Waals surface area contributed by atoms with Crippen LogP contribution in [-0.4, -0.2) is 23.6 Å². The van der Waals surface area contributed by atoms with E-state index in [2.05, 4.69) is 15.6 Å². The number of hydrogen-bond acceptors (Lipinski definition) is 5. The van der Waals surface area contributed by atoms with Crippen LogP contribution >= 0.6 is 11.8 Å². The molecule has 7 heteroatoms. The average Bonchev–Trinajstić information content (AvgIpc) is 3.13. The highest BCUT2D eigenvalue weighted by Crippen LogP contribution is 2.30. The number of thioether (sulfide) groups is 1. The van der Waals surface area contributed by atoms with Crippen molar-refractivity contribution in [3.63, 3.8) is 0 Å². The molecule has 166 valence electrons. The first-order valence-electron chi connectivity index (χ1n) is 10.4. The maximum atomic E-state index is 12.5. The van der Waals surface area contributed by atoms with Gasteiger partial charge >= 0.3 is 0 Å². The number of nitrogens with one attached hydrogen (secondary N) is 2. The number of nitrogens with zero attached hydrogens (tertiary/aromatic N) is 1. The number of rotatable bonds is 6. The van der Waals surface area contributed by atoms with Gasteiger partial charge in [0, 0.05) is 11.3 Å². The molecule has 0 aliphatic carbocycles. The molecule has 0 bridgehead atoms. The Morgan fingerprint density at radius 1 is 1.03 bits per heavy atom. The number of aliphatic imine (C=N–C) groups is 1. The highest BCUT2D eigenvalue weighted by molar-refractivity contribution is 8.18. The van der Waals surface area contributed by atoms with Gasteiger partial charge in [-0.1, -0.05) is 48.0 Å². The minimum Gasteiger partial charge on any atom is -0.483 e. The van der Waals surface area contributed by atoms with E-state index in [0.29, 0.717) is 21.4 Å². The molecular weight excluding hydrogens is 434 g/mol. The average molecular weight is 458 g/mol. The molecule has 1 fully saturated rings. The first kappa shape index (κ1) is 22.4. The summed E-state index contributed by atoms with van der Waals surface area (Å²) in [4.78, 5) is 29.8. The minimum absolute atomic E-state index is 0.145. The highest BCUT2D eigenvalue weighted by Gasteiger charge is 2.24. The van der Waals surface area contributed by atoms with E-state index in [-0.39, 0.29) is 18.4 Å². The topological polar surface area (TPSA) is 79.8 Å². The normalized spacial score (nSPS) is 15.5. The Bertz CT molecular complexity index is 1250. The van der Waals surface area contributed by atoms with Crippen molar-refractivity contribution in [3.05, 3.63) is 94.4 Å². The lowest BCUT2D eigenvalue weighted by atomic mass is 10.2. The van der Waals surface area contributed by atoms with Gasteiger partial charge in [-0.2, -0.15) is 0 Å². The van der Waals surface area contributed by atoms with Gasteiger partial charge in [0.25, 0.3) is 11.8 Å². The van der Waals surface area contributed by atoms with Crippen LogP contribution in [0.5, 0.6) is 5.75 Å². The molecule has 0 unspecified atom stereocenters. The van der Waals surface area contributed by atoms with Crippen LogP contribution in [0.4, 0.5) is 11.4 Å². The molecule has 1 aliphatic heterocycles. The summed E-state index contributed by atoms with van der Waals surface area (Å²) in [6, 6.07) is 22.6. The van der Waals surface area contributed by atoms with E-state index in [0.717, 1.165) is 22.5 Å². The molecule has 3 aromatic carbocycles. The maximum absolute atomic E-state index is 12.5. The van der Waals surface area contributed by atoms with Crippen molar-refractivity contribution in [2.24, 2.45) is 4.99 Å². The number of amidine groups is 1. The van der Waals surface area contributed by atoms with Gasteiger partial charge < -0.3 is 15.4 Å². The van der Waals surface area contributed by atoms with Crippen LogP contribution in [0.15, 0.2) is 82.7 Å². The Labute approximate surface area is 196 Å². The van der Waals surface area contributed by atoms with E-state index in [1.807, 2.05) is 80.6 Å². The van der Waals surface area contributed by atoms with Gasteiger partial charge in [0.15, 0.2) is 11.8 Å². The Morgan fingerprint density at radius 2 is 1.82 bits per heavy atom. The third-order valence-corrected chi connectivity index (χ3v) is 5.69. The van der Waals surface area contributed by atoms with Crippen molar-refractivity contribution in [2.45, 2.75) is 13.8 Å². The fourth-order valence-corrected chi connectivity index (χ4v) is 3.99. The molecule has 33 heavy (non-hydrogen) atoms. The summed E-state index contributed by atoms with van der Waals surface area (Å²) in [5, 5.41) is 6.13. The van der Waals surface area contributed by atoms with Gasteiger partial charge in [0.05, 0.1) is 10.6 Å². The summed E-state index contributed by atoms with van der Waals surface area (Å²) in [7, 11) is 0. The van der Waals surface area contributed by atoms with Gasteiger partial charge in [-0.05, 0) is 67.6 Å². The molecule has 1 heterocycles. The number of ether oxygens (including phenoxy) is 1.